The van der Waals surface area contributed by atoms with Gasteiger partial charge in [0.2, 0.25) is 0 Å². The molecule has 5 aliphatic heterocycles. The lowest BCUT2D eigenvalue weighted by Gasteiger charge is -2.49. The van der Waals surface area contributed by atoms with Crippen LogP contribution in [0.3, 0.4) is 0 Å². The van der Waals surface area contributed by atoms with Gasteiger partial charge in [0, 0.05) is 98.5 Å². The predicted octanol–water partition coefficient (Wildman–Crippen LogP) is 14.8. The summed E-state index contributed by atoms with van der Waals surface area (Å²) in [5.41, 5.74) is 16.1. The Morgan fingerprint density at radius 2 is 1.43 bits per heavy atom. The van der Waals surface area contributed by atoms with Crippen molar-refractivity contribution in [3.8, 4) is 0 Å². The van der Waals surface area contributed by atoms with Crippen molar-refractivity contribution in [3.63, 3.8) is 0 Å². The first-order chi connectivity index (χ1) is 38.0. The van der Waals surface area contributed by atoms with Crippen LogP contribution in [-0.2, 0) is 9.47 Å². The maximum atomic E-state index is 7.20. The molecule has 13 unspecified atom stereocenters. The van der Waals surface area contributed by atoms with Gasteiger partial charge >= 0.3 is 0 Å². The summed E-state index contributed by atoms with van der Waals surface area (Å²) in [5, 5.41) is 3.94. The van der Waals surface area contributed by atoms with Crippen LogP contribution in [0.25, 0.3) is 0 Å². The molecule has 11 aliphatic rings. The summed E-state index contributed by atoms with van der Waals surface area (Å²) in [6, 6.07) is 46.1. The van der Waals surface area contributed by atoms with Gasteiger partial charge in [-0.05, 0) is 150 Å². The van der Waals surface area contributed by atoms with E-state index in [9.17, 15) is 0 Å². The summed E-state index contributed by atoms with van der Waals surface area (Å²) in [6.45, 7) is 2.61. The lowest BCUT2D eigenvalue weighted by molar-refractivity contribution is -0.00486. The van der Waals surface area contributed by atoms with Crippen molar-refractivity contribution >= 4 is 23.0 Å². The minimum atomic E-state index is -0.376. The molecule has 8 heteroatoms. The average Bonchev–Trinajstić information content (AvgIpc) is 4.35. The van der Waals surface area contributed by atoms with E-state index in [0.29, 0.717) is 41.6 Å². The van der Waals surface area contributed by atoms with Gasteiger partial charge < -0.3 is 24.6 Å². The molecule has 5 aromatic rings. The van der Waals surface area contributed by atoms with E-state index in [0.717, 1.165) is 80.6 Å². The van der Waals surface area contributed by atoms with Crippen LogP contribution in [0.1, 0.15) is 143 Å². The smallest absolute Gasteiger partial charge is 0.159 e. The second-order valence-corrected chi connectivity index (χ2v) is 24.6. The third kappa shape index (κ3) is 7.43. The first-order valence-electron chi connectivity index (χ1n) is 29.6. The SMILES string of the molecule is CC12CCC3OC4C=CC(c5cnc(C6CCC7OC8=C(C9=C(CC8)N(c8ccccc8)C8=CCCCC89)C7C6)c(C6N=C(c7ccccc7)N=C(c7ccccc7)N6)c5)CC4C3C1C1CCCC=C1N2c1ccccc1. The van der Waals surface area contributed by atoms with Gasteiger partial charge in [0.05, 0.1) is 17.9 Å². The fraction of sp³-hybridized carbons (Fsp3) is 0.406. The normalized spacial score (nSPS) is 34.4. The zero-order valence-corrected chi connectivity index (χ0v) is 44.4. The lowest BCUT2D eigenvalue weighted by Crippen LogP contribution is -2.54. The Balaban J connectivity index is 0.772. The molecule has 6 aliphatic carbocycles. The number of aromatic nitrogens is 1. The Kier molecular flexibility index (Phi) is 11.1. The van der Waals surface area contributed by atoms with E-state index < -0.39 is 0 Å². The van der Waals surface area contributed by atoms with Gasteiger partial charge in [-0.2, -0.15) is 0 Å². The van der Waals surface area contributed by atoms with Gasteiger partial charge in [-0.15, -0.1) is 0 Å². The Morgan fingerprint density at radius 3 is 2.23 bits per heavy atom. The quantitative estimate of drug-likeness (QED) is 0.164. The van der Waals surface area contributed by atoms with E-state index in [2.05, 4.69) is 180 Å². The Hall–Kier alpha value is -6.77. The highest BCUT2D eigenvalue weighted by atomic mass is 16.5. The second kappa shape index (κ2) is 18.4. The van der Waals surface area contributed by atoms with Crippen LogP contribution < -0.4 is 15.1 Å². The number of allylic oxidation sites excluding steroid dienone is 7. The highest BCUT2D eigenvalue weighted by Gasteiger charge is 2.64. The minimum Gasteiger partial charge on any atom is -0.494 e. The summed E-state index contributed by atoms with van der Waals surface area (Å²) < 4.78 is 14.3. The number of hydrogen-bond donors (Lipinski definition) is 1. The zero-order chi connectivity index (χ0) is 50.8. The second-order valence-electron chi connectivity index (χ2n) is 24.6. The molecule has 0 bridgehead atoms. The number of benzene rings is 4. The van der Waals surface area contributed by atoms with E-state index in [1.54, 1.807) is 11.3 Å². The minimum absolute atomic E-state index is 0.0537. The van der Waals surface area contributed by atoms with Crippen LogP contribution in [0.2, 0.25) is 0 Å². The fourth-order valence-electron chi connectivity index (χ4n) is 17.5. The molecule has 77 heavy (non-hydrogen) atoms. The molecule has 0 amide bonds. The highest BCUT2D eigenvalue weighted by molar-refractivity contribution is 6.13. The molecule has 16 rings (SSSR count). The Bertz CT molecular complexity index is 3360. The molecule has 4 aromatic carbocycles. The van der Waals surface area contributed by atoms with E-state index in [1.165, 1.54) is 83.0 Å². The van der Waals surface area contributed by atoms with Crippen molar-refractivity contribution in [1.29, 1.82) is 0 Å². The number of para-hydroxylation sites is 2. The molecule has 2 saturated carbocycles. The molecule has 0 radical (unpaired) electrons. The lowest BCUT2D eigenvalue weighted by atomic mass is 9.58. The van der Waals surface area contributed by atoms with E-state index in [4.69, 9.17) is 24.4 Å². The molecule has 0 spiro atoms. The third-order valence-electron chi connectivity index (χ3n) is 20.6. The number of anilines is 2. The van der Waals surface area contributed by atoms with Crippen molar-refractivity contribution in [2.45, 2.75) is 139 Å². The maximum Gasteiger partial charge on any atom is 0.159 e. The number of hydrogen-bond acceptors (Lipinski definition) is 8. The molecule has 13 atom stereocenters. The largest absolute Gasteiger partial charge is 0.494 e. The molecular formula is C69H70N6O2. The van der Waals surface area contributed by atoms with Crippen molar-refractivity contribution in [2.75, 3.05) is 9.80 Å². The number of aliphatic imine (C=N–C) groups is 2. The van der Waals surface area contributed by atoms with Gasteiger partial charge in [-0.25, -0.2) is 9.98 Å². The monoisotopic (exact) mass is 1010 g/mol. The summed E-state index contributed by atoms with van der Waals surface area (Å²) in [4.78, 5) is 22.1. The zero-order valence-electron chi connectivity index (χ0n) is 44.4. The third-order valence-corrected chi connectivity index (χ3v) is 20.6. The van der Waals surface area contributed by atoms with Gasteiger partial charge in [0.25, 0.3) is 0 Å². The molecule has 388 valence electrons. The van der Waals surface area contributed by atoms with Gasteiger partial charge in [-0.3, -0.25) is 4.98 Å². The number of nitrogens with one attached hydrogen (secondary N) is 1. The van der Waals surface area contributed by atoms with Gasteiger partial charge in [0.15, 0.2) is 5.84 Å². The number of nitrogens with zero attached hydrogens (tertiary/aromatic N) is 5. The summed E-state index contributed by atoms with van der Waals surface area (Å²) in [7, 11) is 0. The first-order valence-corrected chi connectivity index (χ1v) is 29.6. The van der Waals surface area contributed by atoms with E-state index >= 15 is 0 Å². The van der Waals surface area contributed by atoms with Gasteiger partial charge in [-0.1, -0.05) is 121 Å². The molecular weight excluding hydrogens is 945 g/mol. The van der Waals surface area contributed by atoms with Crippen LogP contribution in [0.4, 0.5) is 11.4 Å². The van der Waals surface area contributed by atoms with E-state index in [1.807, 2.05) is 0 Å². The van der Waals surface area contributed by atoms with Crippen LogP contribution >= 0.6 is 0 Å². The molecule has 1 aromatic heterocycles. The Morgan fingerprint density at radius 1 is 0.688 bits per heavy atom. The summed E-state index contributed by atoms with van der Waals surface area (Å²) >= 11 is 0. The maximum absolute atomic E-state index is 7.20. The summed E-state index contributed by atoms with van der Waals surface area (Å²) in [6.07, 6.45) is 28.4. The van der Waals surface area contributed by atoms with Crippen LogP contribution in [0.5, 0.6) is 0 Å². The molecule has 1 N–H and O–H groups in total. The van der Waals surface area contributed by atoms with Crippen molar-refractivity contribution in [3.05, 3.63) is 220 Å². The van der Waals surface area contributed by atoms with Crippen LogP contribution in [0, 0.1) is 35.5 Å². The number of rotatable bonds is 7. The van der Waals surface area contributed by atoms with Crippen molar-refractivity contribution in [1.82, 2.24) is 10.3 Å². The summed E-state index contributed by atoms with van der Waals surface area (Å²) in [5.74, 6) is 6.14. The molecule has 8 nitrogen and oxygen atoms in total. The van der Waals surface area contributed by atoms with E-state index in [-0.39, 0.29) is 35.7 Å². The van der Waals surface area contributed by atoms with Crippen LogP contribution in [-0.4, -0.2) is 40.5 Å². The van der Waals surface area contributed by atoms with Crippen molar-refractivity contribution < 1.29 is 9.47 Å². The van der Waals surface area contributed by atoms with Gasteiger partial charge in [0.1, 0.15) is 23.9 Å². The molecule has 2 saturated heterocycles. The van der Waals surface area contributed by atoms with Crippen LogP contribution in [0.15, 0.2) is 202 Å². The predicted molar refractivity (Wildman–Crippen MR) is 306 cm³/mol. The first kappa shape index (κ1) is 46.3. The number of amidine groups is 2. The average molecular weight is 1020 g/mol. The standard InChI is InChI=1S/C69H70N6O2/c1-69-37-36-60-63(64(69)50-27-15-17-29-55(50)75(69)48-24-12-5-13-25-48)52-38-44(30-33-58(52)77-60)46-40-53(68-72-66(42-18-6-2-7-19-42)71-67(73-68)43-20-8-3-9-21-43)65(70-41-46)45-31-34-57-51(39-45)62-59(76-57)35-32-56-61(62)49-26-14-16-28-54(49)74(56)47-22-10-4-11-23-47/h2-13,18-25,28-30,33,40-41,44-45,49-52,57-58,60,63-64,68H,14-17,26-27,31-32,34-39H2,1H3,(H,71,72,73). The fourth-order valence-corrected chi connectivity index (χ4v) is 17.5. The highest BCUT2D eigenvalue weighted by Crippen LogP contribution is 2.64. The van der Waals surface area contributed by atoms with Crippen molar-refractivity contribution in [2.24, 2.45) is 45.5 Å². The number of fused-ring (bicyclic) bond motifs is 12. The molecule has 4 fully saturated rings. The number of ether oxygens (including phenoxy) is 2. The Labute approximate surface area is 454 Å². The topological polar surface area (TPSA) is 74.6 Å². The number of pyridine rings is 1. The molecule has 6 heterocycles.